The number of benzene rings is 1. The van der Waals surface area contributed by atoms with Gasteiger partial charge in [-0.3, -0.25) is 0 Å². The van der Waals surface area contributed by atoms with Crippen molar-refractivity contribution in [3.63, 3.8) is 0 Å². The SMILES string of the molecule is [C-]#[N+]C1=C(C)NC(COC)=C(C(=O)OC(C)C)C1c1c(Cl)cccc1Cl. The lowest BCUT2D eigenvalue weighted by Gasteiger charge is -2.30. The van der Waals surface area contributed by atoms with Crippen LogP contribution in [0.2, 0.25) is 10.0 Å². The summed E-state index contributed by atoms with van der Waals surface area (Å²) >= 11 is 12.8. The van der Waals surface area contributed by atoms with Gasteiger partial charge in [-0.15, -0.1) is 0 Å². The third kappa shape index (κ3) is 4.04. The molecule has 2 rings (SSSR count). The zero-order valence-electron chi connectivity index (χ0n) is 15.0. The van der Waals surface area contributed by atoms with Gasteiger partial charge < -0.3 is 14.8 Å². The Bertz CT molecular complexity index is 802. The molecule has 138 valence electrons. The van der Waals surface area contributed by atoms with Gasteiger partial charge in [0.1, 0.15) is 0 Å². The number of carbonyl (C=O) groups is 1. The zero-order chi connectivity index (χ0) is 19.4. The minimum absolute atomic E-state index is 0.156. The molecule has 1 atom stereocenters. The Kier molecular flexibility index (Phi) is 6.71. The van der Waals surface area contributed by atoms with Crippen LogP contribution in [-0.2, 0) is 14.3 Å². The molecule has 1 heterocycles. The molecule has 1 N–H and O–H groups in total. The Morgan fingerprint density at radius 1 is 1.35 bits per heavy atom. The summed E-state index contributed by atoms with van der Waals surface area (Å²) in [5, 5.41) is 3.85. The molecular formula is C19H20Cl2N2O3. The average Bonchev–Trinajstić information content (AvgIpc) is 2.54. The number of esters is 1. The standard InChI is InChI=1S/C19H20Cl2N2O3/c1-10(2)26-19(24)16-14(9-25-5)23-11(3)18(22-4)17(16)15-12(20)7-6-8-13(15)21/h6-8,10,17,23H,9H2,1-3,5H3. The van der Waals surface area contributed by atoms with E-state index in [4.69, 9.17) is 39.2 Å². The van der Waals surface area contributed by atoms with Crippen molar-refractivity contribution < 1.29 is 14.3 Å². The lowest BCUT2D eigenvalue weighted by molar-refractivity contribution is -0.143. The van der Waals surface area contributed by atoms with E-state index in [1.165, 1.54) is 7.11 Å². The number of halogens is 2. The zero-order valence-corrected chi connectivity index (χ0v) is 16.5. The second-order valence-corrected chi connectivity index (χ2v) is 6.91. The Morgan fingerprint density at radius 2 is 1.96 bits per heavy atom. The highest BCUT2D eigenvalue weighted by molar-refractivity contribution is 6.36. The number of carbonyl (C=O) groups excluding carboxylic acids is 1. The number of hydrogen-bond acceptors (Lipinski definition) is 4. The van der Waals surface area contributed by atoms with E-state index >= 15 is 0 Å². The summed E-state index contributed by atoms with van der Waals surface area (Å²) < 4.78 is 10.7. The van der Waals surface area contributed by atoms with Crippen LogP contribution in [0.5, 0.6) is 0 Å². The van der Waals surface area contributed by atoms with Crippen LogP contribution in [-0.4, -0.2) is 25.8 Å². The van der Waals surface area contributed by atoms with Gasteiger partial charge in [-0.2, -0.15) is 0 Å². The summed E-state index contributed by atoms with van der Waals surface area (Å²) in [4.78, 5) is 16.5. The van der Waals surface area contributed by atoms with E-state index in [1.807, 2.05) is 0 Å². The molecule has 26 heavy (non-hydrogen) atoms. The molecule has 1 aromatic rings. The fourth-order valence-electron chi connectivity index (χ4n) is 2.88. The number of allylic oxidation sites excluding steroid dienone is 2. The molecule has 0 radical (unpaired) electrons. The van der Waals surface area contributed by atoms with Crippen LogP contribution in [0.15, 0.2) is 40.9 Å². The number of nitrogens with one attached hydrogen (secondary N) is 1. The number of ether oxygens (including phenoxy) is 2. The molecule has 1 aliphatic rings. The predicted molar refractivity (Wildman–Crippen MR) is 102 cm³/mol. The summed E-state index contributed by atoms with van der Waals surface area (Å²) in [6.07, 6.45) is -0.315. The Hall–Kier alpha value is -2.00. The van der Waals surface area contributed by atoms with Crippen LogP contribution in [0.1, 0.15) is 32.3 Å². The van der Waals surface area contributed by atoms with Crippen LogP contribution < -0.4 is 5.32 Å². The van der Waals surface area contributed by atoms with Crippen molar-refractivity contribution in [3.8, 4) is 0 Å². The first-order chi connectivity index (χ1) is 12.3. The number of hydrogen-bond donors (Lipinski definition) is 1. The first-order valence-electron chi connectivity index (χ1n) is 8.03. The minimum atomic E-state index is -0.730. The summed E-state index contributed by atoms with van der Waals surface area (Å²) in [5.74, 6) is -1.26. The van der Waals surface area contributed by atoms with Crippen LogP contribution in [0.3, 0.4) is 0 Å². The average molecular weight is 395 g/mol. The van der Waals surface area contributed by atoms with Crippen molar-refractivity contribution in [2.45, 2.75) is 32.8 Å². The molecule has 0 saturated carbocycles. The monoisotopic (exact) mass is 394 g/mol. The molecule has 1 aliphatic heterocycles. The topological polar surface area (TPSA) is 51.9 Å². The first kappa shape index (κ1) is 20.3. The minimum Gasteiger partial charge on any atom is -0.460 e. The fourth-order valence-corrected chi connectivity index (χ4v) is 3.49. The molecule has 0 aliphatic carbocycles. The number of rotatable bonds is 5. The molecule has 0 saturated heterocycles. The Morgan fingerprint density at radius 3 is 2.46 bits per heavy atom. The third-order valence-corrected chi connectivity index (χ3v) is 4.53. The Balaban J connectivity index is 2.75. The summed E-state index contributed by atoms with van der Waals surface area (Å²) in [7, 11) is 1.53. The molecule has 0 amide bonds. The highest BCUT2D eigenvalue weighted by Gasteiger charge is 2.38. The quantitative estimate of drug-likeness (QED) is 0.581. The molecule has 0 aromatic heterocycles. The van der Waals surface area contributed by atoms with Crippen LogP contribution in [0, 0.1) is 6.57 Å². The van der Waals surface area contributed by atoms with Crippen molar-refractivity contribution in [1.29, 1.82) is 0 Å². The van der Waals surface area contributed by atoms with Gasteiger partial charge in [0.15, 0.2) is 5.70 Å². The molecule has 0 bridgehead atoms. The largest absolute Gasteiger partial charge is 0.460 e. The maximum absolute atomic E-state index is 12.9. The van der Waals surface area contributed by atoms with E-state index in [0.29, 0.717) is 32.7 Å². The second-order valence-electron chi connectivity index (χ2n) is 6.09. The van der Waals surface area contributed by atoms with Crippen molar-refractivity contribution in [1.82, 2.24) is 5.32 Å². The summed E-state index contributed by atoms with van der Waals surface area (Å²) in [6.45, 7) is 13.1. The Labute approximate surface area is 163 Å². The summed E-state index contributed by atoms with van der Waals surface area (Å²) in [6, 6.07) is 5.08. The number of nitrogens with zero attached hydrogens (tertiary/aromatic N) is 1. The van der Waals surface area contributed by atoms with Gasteiger partial charge in [0.05, 0.1) is 36.5 Å². The first-order valence-corrected chi connectivity index (χ1v) is 8.79. The summed E-state index contributed by atoms with van der Waals surface area (Å²) in [5.41, 5.74) is 2.29. The van der Waals surface area contributed by atoms with E-state index < -0.39 is 11.9 Å². The maximum Gasteiger partial charge on any atom is 0.335 e. The van der Waals surface area contributed by atoms with Crippen molar-refractivity contribution in [2.24, 2.45) is 0 Å². The molecule has 0 fully saturated rings. The highest BCUT2D eigenvalue weighted by Crippen LogP contribution is 2.44. The van der Waals surface area contributed by atoms with Gasteiger partial charge in [0.2, 0.25) is 0 Å². The fraction of sp³-hybridized carbons (Fsp3) is 0.368. The number of dihydropyridines is 1. The normalized spacial score (nSPS) is 17.2. The molecule has 1 aromatic carbocycles. The van der Waals surface area contributed by atoms with Gasteiger partial charge in [-0.25, -0.2) is 9.64 Å². The van der Waals surface area contributed by atoms with Gasteiger partial charge in [0.25, 0.3) is 0 Å². The van der Waals surface area contributed by atoms with E-state index in [9.17, 15) is 4.79 Å². The van der Waals surface area contributed by atoms with E-state index in [1.54, 1.807) is 39.0 Å². The van der Waals surface area contributed by atoms with Crippen LogP contribution in [0.4, 0.5) is 0 Å². The van der Waals surface area contributed by atoms with Gasteiger partial charge in [0, 0.05) is 22.9 Å². The van der Waals surface area contributed by atoms with Gasteiger partial charge in [-0.05, 0) is 38.5 Å². The predicted octanol–water partition coefficient (Wildman–Crippen LogP) is 4.68. The smallest absolute Gasteiger partial charge is 0.335 e. The number of methoxy groups -OCH3 is 1. The van der Waals surface area contributed by atoms with Crippen molar-refractivity contribution in [3.05, 3.63) is 67.9 Å². The van der Waals surface area contributed by atoms with Crippen molar-refractivity contribution >= 4 is 29.2 Å². The molecule has 5 nitrogen and oxygen atoms in total. The van der Waals surface area contributed by atoms with Gasteiger partial charge >= 0.3 is 5.97 Å². The van der Waals surface area contributed by atoms with Gasteiger partial charge in [-0.1, -0.05) is 29.3 Å². The van der Waals surface area contributed by atoms with E-state index in [2.05, 4.69) is 10.2 Å². The third-order valence-electron chi connectivity index (χ3n) is 3.87. The molecule has 7 heteroatoms. The van der Waals surface area contributed by atoms with Crippen molar-refractivity contribution in [2.75, 3.05) is 13.7 Å². The highest BCUT2D eigenvalue weighted by atomic mass is 35.5. The van der Waals surface area contributed by atoms with Crippen LogP contribution in [0.25, 0.3) is 4.85 Å². The lowest BCUT2D eigenvalue weighted by Crippen LogP contribution is -2.32. The second kappa shape index (κ2) is 8.59. The molecular weight excluding hydrogens is 375 g/mol. The van der Waals surface area contributed by atoms with E-state index in [0.717, 1.165) is 0 Å². The van der Waals surface area contributed by atoms with Crippen LogP contribution >= 0.6 is 23.2 Å². The maximum atomic E-state index is 12.9. The van der Waals surface area contributed by atoms with E-state index in [-0.39, 0.29) is 18.3 Å². The lowest BCUT2D eigenvalue weighted by atomic mass is 9.83. The molecule has 1 unspecified atom stereocenters. The molecule has 0 spiro atoms.